The number of nitriles is 1. The summed E-state index contributed by atoms with van der Waals surface area (Å²) in [6.07, 6.45) is 7.74. The minimum atomic E-state index is 0. The first kappa shape index (κ1) is 46.4. The highest BCUT2D eigenvalue weighted by Crippen LogP contribution is 2.37. The third-order valence-corrected chi connectivity index (χ3v) is 9.33. The SMILES string of the molecule is C.CC#N.[C-]#[N+]c1cc(CC(C)C)c(-n2ccnc2-c2ccccc2)c(CC(C)C)c1.[C-]#[N+]c1cc(CC(C)C)c(N2CCN=C2c2ccccc2)c(CC(C)C)c1. The molecule has 5 aromatic rings. The number of nitrogens with zero attached hydrogens (tertiary/aromatic N) is 7. The van der Waals surface area contributed by atoms with Crippen molar-refractivity contribution in [2.24, 2.45) is 28.7 Å². The predicted octanol–water partition coefficient (Wildman–Crippen LogP) is 13.6. The van der Waals surface area contributed by atoms with Crippen LogP contribution < -0.4 is 4.90 Å². The van der Waals surface area contributed by atoms with Crippen LogP contribution in [-0.4, -0.2) is 28.5 Å². The minimum absolute atomic E-state index is 0. The van der Waals surface area contributed by atoms with Gasteiger partial charge in [-0.2, -0.15) is 5.26 Å². The second kappa shape index (κ2) is 22.7. The smallest absolute Gasteiger partial charge is 0.187 e. The average Bonchev–Trinajstić information content (AvgIpc) is 3.86. The summed E-state index contributed by atoms with van der Waals surface area (Å²) in [5.74, 6) is 4.11. The standard InChI is InChI=1S/C24H29N3.C24H27N3.C2H3N.CH4/c2*1-17(2)13-20-15-22(25-5)16-21(14-18(3)4)23(20)27-12-11-26-24(27)19-9-7-6-8-10-19;1-2-3;/h6-10,15-18H,11-14H2,1-4H3;6-12,15-18H,13-14H2,1-4H3;1H3;1H4. The lowest BCUT2D eigenvalue weighted by atomic mass is 9.92. The minimum Gasteiger partial charge on any atom is -0.324 e. The Balaban J connectivity index is 0.000000286. The quantitative estimate of drug-likeness (QED) is 0.119. The van der Waals surface area contributed by atoms with Gasteiger partial charge in [0.15, 0.2) is 11.4 Å². The van der Waals surface area contributed by atoms with E-state index in [9.17, 15) is 0 Å². The van der Waals surface area contributed by atoms with Gasteiger partial charge in [-0.25, -0.2) is 14.7 Å². The third-order valence-electron chi connectivity index (χ3n) is 9.33. The van der Waals surface area contributed by atoms with Gasteiger partial charge in [0, 0.05) is 42.7 Å². The van der Waals surface area contributed by atoms with Crippen molar-refractivity contribution >= 4 is 22.9 Å². The van der Waals surface area contributed by atoms with Crippen LogP contribution in [0.5, 0.6) is 0 Å². The van der Waals surface area contributed by atoms with Crippen LogP contribution in [0.25, 0.3) is 26.8 Å². The highest BCUT2D eigenvalue weighted by Gasteiger charge is 2.26. The van der Waals surface area contributed by atoms with E-state index < -0.39 is 0 Å². The first-order valence-electron chi connectivity index (χ1n) is 20.2. The maximum absolute atomic E-state index is 7.54. The molecule has 0 N–H and O–H groups in total. The number of hydrogen-bond acceptors (Lipinski definition) is 4. The zero-order valence-electron chi connectivity index (χ0n) is 35.4. The second-order valence-corrected chi connectivity index (χ2v) is 16.3. The summed E-state index contributed by atoms with van der Waals surface area (Å²) in [5.41, 5.74) is 11.2. The largest absolute Gasteiger partial charge is 0.324 e. The van der Waals surface area contributed by atoms with Gasteiger partial charge >= 0.3 is 0 Å². The molecule has 0 saturated carbocycles. The zero-order valence-corrected chi connectivity index (χ0v) is 35.4. The number of aromatic nitrogens is 2. The number of aliphatic imine (C=N–C) groups is 1. The molecule has 0 amide bonds. The van der Waals surface area contributed by atoms with E-state index in [1.165, 1.54) is 40.6 Å². The Hall–Kier alpha value is -5.97. The maximum atomic E-state index is 7.54. The summed E-state index contributed by atoms with van der Waals surface area (Å²) in [5, 5.41) is 7.32. The van der Waals surface area contributed by atoms with Gasteiger partial charge in [0.05, 0.1) is 31.4 Å². The second-order valence-electron chi connectivity index (χ2n) is 16.3. The fraction of sp³-hybridized carbons (Fsp3) is 0.392. The number of benzene rings is 4. The molecule has 0 aliphatic carbocycles. The molecule has 1 aliphatic heterocycles. The Kier molecular flexibility index (Phi) is 18.2. The normalized spacial score (nSPS) is 11.8. The molecule has 2 heterocycles. The van der Waals surface area contributed by atoms with Crippen LogP contribution >= 0.6 is 0 Å². The molecule has 6 rings (SSSR count). The topological polar surface area (TPSA) is 65.9 Å². The van der Waals surface area contributed by atoms with Crippen molar-refractivity contribution in [1.82, 2.24) is 9.55 Å². The van der Waals surface area contributed by atoms with Crippen molar-refractivity contribution in [3.8, 4) is 23.1 Å². The molecule has 0 radical (unpaired) electrons. The van der Waals surface area contributed by atoms with Gasteiger partial charge < -0.3 is 4.90 Å². The van der Waals surface area contributed by atoms with Crippen molar-refractivity contribution < 1.29 is 0 Å². The van der Waals surface area contributed by atoms with Gasteiger partial charge in [-0.3, -0.25) is 9.56 Å². The first-order chi connectivity index (χ1) is 27.4. The molecule has 0 bridgehead atoms. The maximum Gasteiger partial charge on any atom is 0.187 e. The molecule has 0 saturated heterocycles. The molecular formula is C51H63N7. The Morgan fingerprint density at radius 3 is 1.45 bits per heavy atom. The highest BCUT2D eigenvalue weighted by atomic mass is 15.2. The van der Waals surface area contributed by atoms with Gasteiger partial charge in [0.2, 0.25) is 0 Å². The molecule has 0 fully saturated rings. The van der Waals surface area contributed by atoms with Crippen LogP contribution in [0.15, 0.2) is 102 Å². The monoisotopic (exact) mass is 774 g/mol. The van der Waals surface area contributed by atoms with Gasteiger partial charge in [-0.1, -0.05) is 148 Å². The van der Waals surface area contributed by atoms with Crippen LogP contribution in [0.4, 0.5) is 17.1 Å². The molecule has 1 aliphatic rings. The van der Waals surface area contributed by atoms with E-state index in [-0.39, 0.29) is 7.43 Å². The van der Waals surface area contributed by atoms with Crippen LogP contribution in [0, 0.1) is 48.1 Å². The Labute approximate surface area is 349 Å². The van der Waals surface area contributed by atoms with Crippen molar-refractivity contribution in [3.05, 3.63) is 148 Å². The lowest BCUT2D eigenvalue weighted by molar-refractivity contribution is 0.631. The number of amidine groups is 1. The Morgan fingerprint density at radius 1 is 0.655 bits per heavy atom. The summed E-state index contributed by atoms with van der Waals surface area (Å²) in [7, 11) is 0. The van der Waals surface area contributed by atoms with E-state index in [0.29, 0.717) is 23.7 Å². The number of imidazole rings is 1. The molecule has 58 heavy (non-hydrogen) atoms. The Bertz CT molecular complexity index is 2140. The Morgan fingerprint density at radius 2 is 1.05 bits per heavy atom. The van der Waals surface area contributed by atoms with Crippen LogP contribution in [0.3, 0.4) is 0 Å². The number of anilines is 1. The summed E-state index contributed by atoms with van der Waals surface area (Å²) in [4.78, 5) is 19.4. The fourth-order valence-corrected chi connectivity index (χ4v) is 7.43. The van der Waals surface area contributed by atoms with Crippen molar-refractivity contribution in [2.75, 3.05) is 18.0 Å². The van der Waals surface area contributed by atoms with Crippen LogP contribution in [0.2, 0.25) is 0 Å². The predicted molar refractivity (Wildman–Crippen MR) is 245 cm³/mol. The summed E-state index contributed by atoms with van der Waals surface area (Å²) in [6.45, 7) is 36.1. The molecular weight excluding hydrogens is 711 g/mol. The van der Waals surface area contributed by atoms with Crippen molar-refractivity contribution in [2.45, 2.75) is 95.4 Å². The highest BCUT2D eigenvalue weighted by molar-refractivity contribution is 6.12. The van der Waals surface area contributed by atoms with Crippen LogP contribution in [-0.2, 0) is 25.7 Å². The summed E-state index contributed by atoms with van der Waals surface area (Å²) < 4.78 is 2.21. The summed E-state index contributed by atoms with van der Waals surface area (Å²) in [6, 6.07) is 30.8. The van der Waals surface area contributed by atoms with E-state index in [2.05, 4.69) is 140 Å². The van der Waals surface area contributed by atoms with Crippen LogP contribution in [0.1, 0.15) is 97.6 Å². The van der Waals surface area contributed by atoms with E-state index in [0.717, 1.165) is 72.9 Å². The summed E-state index contributed by atoms with van der Waals surface area (Å²) >= 11 is 0. The molecule has 7 nitrogen and oxygen atoms in total. The van der Waals surface area contributed by atoms with E-state index in [1.807, 2.05) is 36.7 Å². The number of hydrogen-bond donors (Lipinski definition) is 0. The van der Waals surface area contributed by atoms with Crippen molar-refractivity contribution in [1.29, 1.82) is 5.26 Å². The lowest BCUT2D eigenvalue weighted by Gasteiger charge is -2.28. The lowest BCUT2D eigenvalue weighted by Crippen LogP contribution is -2.30. The third kappa shape index (κ3) is 12.5. The van der Waals surface area contributed by atoms with E-state index in [1.54, 1.807) is 6.07 Å². The zero-order chi connectivity index (χ0) is 41.5. The molecule has 0 spiro atoms. The molecule has 0 atom stereocenters. The molecule has 302 valence electrons. The van der Waals surface area contributed by atoms with E-state index >= 15 is 0 Å². The van der Waals surface area contributed by atoms with E-state index in [4.69, 9.17) is 23.4 Å². The van der Waals surface area contributed by atoms with Gasteiger partial charge in [0.25, 0.3) is 0 Å². The fourth-order valence-electron chi connectivity index (χ4n) is 7.43. The molecule has 1 aromatic heterocycles. The molecule has 4 aromatic carbocycles. The number of rotatable bonds is 12. The van der Waals surface area contributed by atoms with Crippen molar-refractivity contribution in [3.63, 3.8) is 0 Å². The van der Waals surface area contributed by atoms with Gasteiger partial charge in [0.1, 0.15) is 11.7 Å². The molecule has 7 heteroatoms. The van der Waals surface area contributed by atoms with Gasteiger partial charge in [-0.15, -0.1) is 0 Å². The molecule has 0 unspecified atom stereocenters. The van der Waals surface area contributed by atoms with Gasteiger partial charge in [-0.05, 0) is 71.6 Å². The first-order valence-corrected chi connectivity index (χ1v) is 20.2. The average molecular weight is 774 g/mol.